The number of likely N-dealkylation sites (tertiary alicyclic amines) is 1. The summed E-state index contributed by atoms with van der Waals surface area (Å²) in [5.74, 6) is 0. The summed E-state index contributed by atoms with van der Waals surface area (Å²) in [4.78, 5) is 14.2. The van der Waals surface area contributed by atoms with E-state index in [1.54, 1.807) is 4.90 Å². The third-order valence-electron chi connectivity index (χ3n) is 2.94. The number of nitrogens with zero attached hydrogens (tertiary/aromatic N) is 2. The number of hydrogen-bond donors (Lipinski definition) is 1. The van der Waals surface area contributed by atoms with Gasteiger partial charge >= 0.3 is 6.09 Å². The molecule has 1 atom stereocenters. The van der Waals surface area contributed by atoms with Gasteiger partial charge in [0.25, 0.3) is 6.43 Å². The Hall–Kier alpha value is -0.910. The Bertz CT molecular complexity index is 279. The second kappa shape index (κ2) is 5.16. The van der Waals surface area contributed by atoms with Gasteiger partial charge in [0.05, 0.1) is 6.54 Å². The molecule has 0 aromatic rings. The van der Waals surface area contributed by atoms with Crippen LogP contribution in [0.1, 0.15) is 27.2 Å². The van der Waals surface area contributed by atoms with Crippen molar-refractivity contribution in [3.8, 4) is 0 Å². The summed E-state index contributed by atoms with van der Waals surface area (Å²) in [5, 5.41) is 9.20. The van der Waals surface area contributed by atoms with Crippen LogP contribution in [0.4, 0.5) is 13.6 Å². The molecule has 0 aliphatic carbocycles. The van der Waals surface area contributed by atoms with Crippen LogP contribution in [0.25, 0.3) is 0 Å². The van der Waals surface area contributed by atoms with Crippen molar-refractivity contribution in [2.45, 2.75) is 45.2 Å². The molecule has 0 spiro atoms. The number of carbonyl (C=O) groups is 1. The van der Waals surface area contributed by atoms with Crippen LogP contribution in [0.15, 0.2) is 0 Å². The highest BCUT2D eigenvalue weighted by Gasteiger charge is 2.37. The number of alkyl halides is 2. The fourth-order valence-electron chi connectivity index (χ4n) is 2.37. The zero-order valence-electron chi connectivity index (χ0n) is 10.5. The van der Waals surface area contributed by atoms with Crippen LogP contribution < -0.4 is 0 Å². The van der Waals surface area contributed by atoms with Gasteiger partial charge in [-0.2, -0.15) is 0 Å². The first kappa shape index (κ1) is 14.2. The SMILES string of the molecule is CC(C)(C)N(C(=O)O)[C@@H]1CCN(CC(F)F)C1. The normalized spacial score (nSPS) is 22.1. The standard InChI is InChI=1S/C11H20F2N2O2/c1-11(2,3)15(10(16)17)8-4-5-14(6-8)7-9(12)13/h8-9H,4-7H2,1-3H3,(H,16,17)/t8-/m1/s1. The van der Waals surface area contributed by atoms with E-state index in [9.17, 15) is 18.7 Å². The second-order valence-corrected chi connectivity index (χ2v) is 5.42. The van der Waals surface area contributed by atoms with Crippen molar-refractivity contribution in [3.05, 3.63) is 0 Å². The zero-order chi connectivity index (χ0) is 13.2. The predicted molar refractivity (Wildman–Crippen MR) is 60.5 cm³/mol. The van der Waals surface area contributed by atoms with E-state index in [-0.39, 0.29) is 12.6 Å². The number of hydrogen-bond acceptors (Lipinski definition) is 2. The van der Waals surface area contributed by atoms with E-state index >= 15 is 0 Å². The van der Waals surface area contributed by atoms with Gasteiger partial charge in [-0.05, 0) is 27.2 Å². The Morgan fingerprint density at radius 3 is 2.53 bits per heavy atom. The first-order valence-corrected chi connectivity index (χ1v) is 5.74. The van der Waals surface area contributed by atoms with Gasteiger partial charge in [-0.1, -0.05) is 0 Å². The maximum absolute atomic E-state index is 12.2. The Morgan fingerprint density at radius 1 is 1.53 bits per heavy atom. The van der Waals surface area contributed by atoms with Gasteiger partial charge in [0.15, 0.2) is 0 Å². The molecule has 1 amide bonds. The van der Waals surface area contributed by atoms with Crippen LogP contribution in [0.3, 0.4) is 0 Å². The Morgan fingerprint density at radius 2 is 2.12 bits per heavy atom. The molecule has 1 aliphatic heterocycles. The van der Waals surface area contributed by atoms with Crippen molar-refractivity contribution in [2.75, 3.05) is 19.6 Å². The highest BCUT2D eigenvalue weighted by atomic mass is 19.3. The van der Waals surface area contributed by atoms with Gasteiger partial charge in [-0.3, -0.25) is 9.80 Å². The molecule has 0 unspecified atom stereocenters. The lowest BCUT2D eigenvalue weighted by Gasteiger charge is -2.38. The summed E-state index contributed by atoms with van der Waals surface area (Å²) in [6.07, 6.45) is -2.72. The minimum Gasteiger partial charge on any atom is -0.465 e. The lowest BCUT2D eigenvalue weighted by atomic mass is 10.0. The zero-order valence-corrected chi connectivity index (χ0v) is 10.5. The van der Waals surface area contributed by atoms with E-state index in [1.165, 1.54) is 4.90 Å². The first-order chi connectivity index (χ1) is 7.71. The highest BCUT2D eigenvalue weighted by Crippen LogP contribution is 2.24. The summed E-state index contributed by atoms with van der Waals surface area (Å²) in [6, 6.07) is -0.189. The van der Waals surface area contributed by atoms with Crippen LogP contribution in [-0.2, 0) is 0 Å². The van der Waals surface area contributed by atoms with Crippen molar-refractivity contribution in [1.29, 1.82) is 0 Å². The van der Waals surface area contributed by atoms with E-state index in [0.29, 0.717) is 19.5 Å². The molecule has 0 aromatic carbocycles. The lowest BCUT2D eigenvalue weighted by Crippen LogP contribution is -2.52. The van der Waals surface area contributed by atoms with Gasteiger partial charge in [-0.15, -0.1) is 0 Å². The van der Waals surface area contributed by atoms with Gasteiger partial charge in [0.1, 0.15) is 0 Å². The monoisotopic (exact) mass is 250 g/mol. The molecule has 0 bridgehead atoms. The van der Waals surface area contributed by atoms with Gasteiger partial charge in [0.2, 0.25) is 0 Å². The molecule has 1 rings (SSSR count). The highest BCUT2D eigenvalue weighted by molar-refractivity contribution is 5.66. The molecule has 1 fully saturated rings. The van der Waals surface area contributed by atoms with Crippen LogP contribution in [0.5, 0.6) is 0 Å². The maximum Gasteiger partial charge on any atom is 0.408 e. The van der Waals surface area contributed by atoms with E-state index in [0.717, 1.165) is 0 Å². The molecule has 17 heavy (non-hydrogen) atoms. The molecule has 0 radical (unpaired) electrons. The van der Waals surface area contributed by atoms with Gasteiger partial charge in [0, 0.05) is 24.7 Å². The topological polar surface area (TPSA) is 43.8 Å². The van der Waals surface area contributed by atoms with E-state index in [4.69, 9.17) is 0 Å². The fourth-order valence-corrected chi connectivity index (χ4v) is 2.37. The Kier molecular flexibility index (Phi) is 4.30. The maximum atomic E-state index is 12.2. The quantitative estimate of drug-likeness (QED) is 0.834. The average Bonchev–Trinajstić information content (AvgIpc) is 2.47. The molecule has 6 heteroatoms. The Labute approximate surface area is 100 Å². The first-order valence-electron chi connectivity index (χ1n) is 5.74. The predicted octanol–water partition coefficient (Wildman–Crippen LogP) is 2.10. The summed E-state index contributed by atoms with van der Waals surface area (Å²) in [7, 11) is 0. The summed E-state index contributed by atoms with van der Waals surface area (Å²) in [5.41, 5.74) is -0.503. The number of rotatable bonds is 3. The third kappa shape index (κ3) is 3.80. The third-order valence-corrected chi connectivity index (χ3v) is 2.94. The van der Waals surface area contributed by atoms with Crippen LogP contribution >= 0.6 is 0 Å². The summed E-state index contributed by atoms with van der Waals surface area (Å²) >= 11 is 0. The number of carboxylic acid groups (broad SMARTS) is 1. The molecule has 100 valence electrons. The molecule has 0 saturated carbocycles. The second-order valence-electron chi connectivity index (χ2n) is 5.42. The van der Waals surface area contributed by atoms with Crippen molar-refractivity contribution in [3.63, 3.8) is 0 Å². The van der Waals surface area contributed by atoms with Crippen LogP contribution in [0, 0.1) is 0 Å². The molecule has 0 aromatic heterocycles. The van der Waals surface area contributed by atoms with Crippen molar-refractivity contribution in [2.24, 2.45) is 0 Å². The molecular formula is C11H20F2N2O2. The molecule has 1 saturated heterocycles. The minimum atomic E-state index is -2.36. The molecule has 1 aliphatic rings. The molecule has 4 nitrogen and oxygen atoms in total. The van der Waals surface area contributed by atoms with Gasteiger partial charge < -0.3 is 5.11 Å². The largest absolute Gasteiger partial charge is 0.465 e. The molecule has 1 heterocycles. The fraction of sp³-hybridized carbons (Fsp3) is 0.909. The smallest absolute Gasteiger partial charge is 0.408 e. The van der Waals surface area contributed by atoms with Crippen LogP contribution in [0.2, 0.25) is 0 Å². The van der Waals surface area contributed by atoms with Crippen molar-refractivity contribution in [1.82, 2.24) is 9.80 Å². The Balaban J connectivity index is 2.64. The lowest BCUT2D eigenvalue weighted by molar-refractivity contribution is 0.0652. The molecule has 1 N–H and O–H groups in total. The summed E-state index contributed by atoms with van der Waals surface area (Å²) in [6.45, 7) is 6.11. The number of amides is 1. The molecular weight excluding hydrogens is 230 g/mol. The van der Waals surface area contributed by atoms with Gasteiger partial charge in [-0.25, -0.2) is 13.6 Å². The van der Waals surface area contributed by atoms with E-state index < -0.39 is 18.1 Å². The van der Waals surface area contributed by atoms with Crippen LogP contribution in [-0.4, -0.2) is 58.6 Å². The van der Waals surface area contributed by atoms with Crippen molar-refractivity contribution >= 4 is 6.09 Å². The average molecular weight is 250 g/mol. The van der Waals surface area contributed by atoms with E-state index in [1.807, 2.05) is 20.8 Å². The number of halogens is 2. The summed E-state index contributed by atoms with van der Waals surface area (Å²) < 4.78 is 24.5. The van der Waals surface area contributed by atoms with E-state index in [2.05, 4.69) is 0 Å². The minimum absolute atomic E-state index is 0.189. The van der Waals surface area contributed by atoms with Crippen molar-refractivity contribution < 1.29 is 18.7 Å².